The molecule has 0 bridgehead atoms. The Balaban J connectivity index is 1.36. The molecule has 2 heterocycles. The monoisotopic (exact) mass is 461 g/mol. The molecule has 4 rings (SSSR count). The quantitative estimate of drug-likeness (QED) is 0.681. The second kappa shape index (κ2) is 10.3. The summed E-state index contributed by atoms with van der Waals surface area (Å²) in [4.78, 5) is 6.31. The second-order valence-electron chi connectivity index (χ2n) is 9.04. The van der Waals surface area contributed by atoms with E-state index in [4.69, 9.17) is 4.74 Å². The van der Waals surface area contributed by atoms with Crippen molar-refractivity contribution < 1.29 is 17.5 Å². The number of benzene rings is 1. The molecule has 2 aliphatic rings. The molecule has 1 aliphatic heterocycles. The van der Waals surface area contributed by atoms with Gasteiger partial charge in [-0.3, -0.25) is 0 Å². The molecule has 8 heteroatoms. The Morgan fingerprint density at radius 2 is 1.88 bits per heavy atom. The van der Waals surface area contributed by atoms with E-state index in [1.165, 1.54) is 30.1 Å². The number of nitrogens with zero attached hydrogens (tertiary/aromatic N) is 2. The predicted octanol–water partition coefficient (Wildman–Crippen LogP) is 3.71. The smallest absolute Gasteiger partial charge is 0.208 e. The van der Waals surface area contributed by atoms with Gasteiger partial charge in [-0.25, -0.2) is 22.5 Å². The van der Waals surface area contributed by atoms with Gasteiger partial charge in [-0.05, 0) is 49.7 Å². The molecule has 174 valence electrons. The lowest BCUT2D eigenvalue weighted by molar-refractivity contribution is -0.00213. The normalized spacial score (nSPS) is 26.8. The minimum absolute atomic E-state index is 0.0320. The number of sulfonamides is 1. The Hall–Kier alpha value is -2.03. The molecule has 6 nitrogen and oxygen atoms in total. The maximum atomic E-state index is 13.7. The van der Waals surface area contributed by atoms with Crippen LogP contribution in [-0.4, -0.2) is 51.5 Å². The van der Waals surface area contributed by atoms with Crippen molar-refractivity contribution in [1.29, 1.82) is 0 Å². The first-order valence-corrected chi connectivity index (χ1v) is 13.3. The van der Waals surface area contributed by atoms with Crippen LogP contribution in [-0.2, 0) is 14.8 Å². The number of halogens is 1. The van der Waals surface area contributed by atoms with Crippen LogP contribution in [0, 0.1) is 11.7 Å². The lowest BCUT2D eigenvalue weighted by Crippen LogP contribution is -2.52. The third kappa shape index (κ3) is 6.27. The van der Waals surface area contributed by atoms with Crippen molar-refractivity contribution in [3.05, 3.63) is 60.0 Å². The van der Waals surface area contributed by atoms with Crippen LogP contribution in [0.15, 0.2) is 48.7 Å². The van der Waals surface area contributed by atoms with Crippen LogP contribution in [0.25, 0.3) is 0 Å². The fraction of sp³-hybridized carbons (Fsp3) is 0.542. The highest BCUT2D eigenvalue weighted by molar-refractivity contribution is 7.88. The summed E-state index contributed by atoms with van der Waals surface area (Å²) >= 11 is 0. The number of ether oxygens (including phenoxy) is 1. The van der Waals surface area contributed by atoms with Gasteiger partial charge in [-0.15, -0.1) is 0 Å². The summed E-state index contributed by atoms with van der Waals surface area (Å²) in [6, 6.07) is 13.2. The van der Waals surface area contributed by atoms with E-state index >= 15 is 0 Å². The average Bonchev–Trinajstić information content (AvgIpc) is 2.78. The maximum Gasteiger partial charge on any atom is 0.208 e. The van der Waals surface area contributed by atoms with E-state index in [1.54, 1.807) is 0 Å². The molecule has 1 aromatic heterocycles. The SMILES string of the molecule is CS(=O)(=O)N[C@H]1CCN(c2cc(F)ccn2)C[C@H]1CO[C@H]1CC[C@@H](c2ccccc2)CC1. The van der Waals surface area contributed by atoms with Crippen LogP contribution in [0.4, 0.5) is 10.2 Å². The van der Waals surface area contributed by atoms with E-state index in [9.17, 15) is 12.8 Å². The molecule has 1 aromatic carbocycles. The van der Waals surface area contributed by atoms with Crippen LogP contribution in [0.1, 0.15) is 43.6 Å². The summed E-state index contributed by atoms with van der Waals surface area (Å²) < 4.78 is 46.5. The molecular formula is C24H32FN3O3S. The first-order valence-electron chi connectivity index (χ1n) is 11.4. The fourth-order valence-corrected chi connectivity index (χ4v) is 5.81. The predicted molar refractivity (Wildman–Crippen MR) is 124 cm³/mol. The minimum Gasteiger partial charge on any atom is -0.378 e. The van der Waals surface area contributed by atoms with Gasteiger partial charge >= 0.3 is 0 Å². The number of hydrogen-bond acceptors (Lipinski definition) is 5. The number of hydrogen-bond donors (Lipinski definition) is 1. The Labute approximate surface area is 190 Å². The van der Waals surface area contributed by atoms with Crippen LogP contribution in [0.2, 0.25) is 0 Å². The van der Waals surface area contributed by atoms with Crippen molar-refractivity contribution in [2.75, 3.05) is 30.9 Å². The summed E-state index contributed by atoms with van der Waals surface area (Å²) in [6.07, 6.45) is 7.68. The van der Waals surface area contributed by atoms with Gasteiger partial charge in [-0.1, -0.05) is 30.3 Å². The molecular weight excluding hydrogens is 429 g/mol. The first-order chi connectivity index (χ1) is 15.4. The van der Waals surface area contributed by atoms with Gasteiger partial charge in [0.25, 0.3) is 0 Å². The molecule has 2 atom stereocenters. The average molecular weight is 462 g/mol. The van der Waals surface area contributed by atoms with Gasteiger partial charge in [0.05, 0.1) is 19.0 Å². The van der Waals surface area contributed by atoms with E-state index in [-0.39, 0.29) is 23.9 Å². The summed E-state index contributed by atoms with van der Waals surface area (Å²) in [5, 5.41) is 0. The molecule has 2 fully saturated rings. The Kier molecular flexibility index (Phi) is 7.43. The number of aromatic nitrogens is 1. The van der Waals surface area contributed by atoms with Crippen LogP contribution in [0.3, 0.4) is 0 Å². The number of pyridine rings is 1. The Morgan fingerprint density at radius 1 is 1.12 bits per heavy atom. The van der Waals surface area contributed by atoms with Crippen molar-refractivity contribution in [2.45, 2.75) is 50.2 Å². The highest BCUT2D eigenvalue weighted by Crippen LogP contribution is 2.34. The molecule has 2 aromatic rings. The van der Waals surface area contributed by atoms with Crippen molar-refractivity contribution in [3.8, 4) is 0 Å². The molecule has 32 heavy (non-hydrogen) atoms. The largest absolute Gasteiger partial charge is 0.378 e. The zero-order valence-corrected chi connectivity index (χ0v) is 19.3. The van der Waals surface area contributed by atoms with E-state index in [1.807, 2.05) is 11.0 Å². The molecule has 1 N–H and O–H groups in total. The first kappa shape index (κ1) is 23.1. The van der Waals surface area contributed by atoms with Crippen molar-refractivity contribution in [3.63, 3.8) is 0 Å². The number of anilines is 1. The number of rotatable bonds is 7. The zero-order valence-electron chi connectivity index (χ0n) is 18.5. The van der Waals surface area contributed by atoms with Crippen LogP contribution < -0.4 is 9.62 Å². The van der Waals surface area contributed by atoms with Crippen LogP contribution >= 0.6 is 0 Å². The Bertz CT molecular complexity index is 981. The molecule has 1 saturated carbocycles. The topological polar surface area (TPSA) is 71.5 Å². The molecule has 0 radical (unpaired) electrons. The standard InChI is InChI=1S/C24H32FN3O3S/c1-32(29,30)27-23-12-14-28(24-15-21(25)11-13-26-24)16-20(23)17-31-22-9-7-19(8-10-22)18-5-3-2-4-6-18/h2-6,11,13,15,19-20,22-23,27H,7-10,12,14,16-17H2,1H3/t19-,20-,22+,23-/m0/s1. The van der Waals surface area contributed by atoms with Crippen molar-refractivity contribution >= 4 is 15.8 Å². The van der Waals surface area contributed by atoms with Gasteiger partial charge in [0.1, 0.15) is 11.6 Å². The van der Waals surface area contributed by atoms with Gasteiger partial charge < -0.3 is 9.64 Å². The minimum atomic E-state index is -3.33. The van der Waals surface area contributed by atoms with Gasteiger partial charge in [0.15, 0.2) is 0 Å². The maximum absolute atomic E-state index is 13.7. The third-order valence-corrected chi connectivity index (χ3v) is 7.35. The van der Waals surface area contributed by atoms with E-state index < -0.39 is 10.0 Å². The van der Waals surface area contributed by atoms with E-state index in [0.717, 1.165) is 25.7 Å². The third-order valence-electron chi connectivity index (χ3n) is 6.62. The van der Waals surface area contributed by atoms with Crippen molar-refractivity contribution in [2.24, 2.45) is 5.92 Å². The summed E-state index contributed by atoms with van der Waals surface area (Å²) in [5.74, 6) is 0.806. The highest BCUT2D eigenvalue weighted by Gasteiger charge is 2.33. The van der Waals surface area contributed by atoms with Gasteiger partial charge in [0.2, 0.25) is 10.0 Å². The number of nitrogens with one attached hydrogen (secondary N) is 1. The Morgan fingerprint density at radius 3 is 2.56 bits per heavy atom. The second-order valence-corrected chi connectivity index (χ2v) is 10.8. The molecule has 0 unspecified atom stereocenters. The molecule has 1 saturated heterocycles. The summed E-state index contributed by atoms with van der Waals surface area (Å²) in [6.45, 7) is 1.66. The zero-order chi connectivity index (χ0) is 22.6. The molecule has 0 amide bonds. The van der Waals surface area contributed by atoms with Gasteiger partial charge in [-0.2, -0.15) is 0 Å². The number of piperidine rings is 1. The molecule has 0 spiro atoms. The van der Waals surface area contributed by atoms with E-state index in [2.05, 4.69) is 34.0 Å². The summed E-state index contributed by atoms with van der Waals surface area (Å²) in [5.41, 5.74) is 1.40. The fourth-order valence-electron chi connectivity index (χ4n) is 4.95. The lowest BCUT2D eigenvalue weighted by Gasteiger charge is -2.40. The highest BCUT2D eigenvalue weighted by atomic mass is 32.2. The van der Waals surface area contributed by atoms with E-state index in [0.29, 0.717) is 37.9 Å². The lowest BCUT2D eigenvalue weighted by atomic mass is 9.82. The summed E-state index contributed by atoms with van der Waals surface area (Å²) in [7, 11) is -3.33. The molecule has 1 aliphatic carbocycles. The van der Waals surface area contributed by atoms with Crippen LogP contribution in [0.5, 0.6) is 0 Å². The van der Waals surface area contributed by atoms with Gasteiger partial charge in [0, 0.05) is 37.3 Å². The van der Waals surface area contributed by atoms with Crippen molar-refractivity contribution in [1.82, 2.24) is 9.71 Å².